The Hall–Kier alpha value is -0.840. The summed E-state index contributed by atoms with van der Waals surface area (Å²) in [6, 6.07) is 0. The van der Waals surface area contributed by atoms with Crippen LogP contribution >= 0.6 is 15.9 Å². The van der Waals surface area contributed by atoms with Gasteiger partial charge in [0.05, 0.1) is 4.47 Å². The summed E-state index contributed by atoms with van der Waals surface area (Å²) in [4.78, 5) is 11.2. The monoisotopic (exact) mass is 312 g/mol. The molecule has 18 heavy (non-hydrogen) atoms. The molecule has 0 radical (unpaired) electrons. The molecule has 0 unspecified atom stereocenters. The summed E-state index contributed by atoms with van der Waals surface area (Å²) in [6.07, 6.45) is 5.94. The quantitative estimate of drug-likeness (QED) is 0.875. The third kappa shape index (κ3) is 3.13. The van der Waals surface area contributed by atoms with E-state index in [0.29, 0.717) is 5.95 Å². The molecule has 0 aromatic carbocycles. The van der Waals surface area contributed by atoms with Crippen LogP contribution in [0.1, 0.15) is 33.1 Å². The lowest BCUT2D eigenvalue weighted by Crippen LogP contribution is -2.33. The SMILES string of the molecule is CCNc1ncc(Br)c(N(CC)CC2CCC2)n1. The van der Waals surface area contributed by atoms with E-state index >= 15 is 0 Å². The zero-order chi connectivity index (χ0) is 13.0. The number of halogens is 1. The van der Waals surface area contributed by atoms with E-state index in [1.807, 2.05) is 6.20 Å². The van der Waals surface area contributed by atoms with Crippen molar-refractivity contribution in [3.8, 4) is 0 Å². The number of aromatic nitrogens is 2. The fourth-order valence-electron chi connectivity index (χ4n) is 2.18. The van der Waals surface area contributed by atoms with E-state index in [-0.39, 0.29) is 0 Å². The first kappa shape index (κ1) is 13.6. The van der Waals surface area contributed by atoms with Gasteiger partial charge in [0.25, 0.3) is 0 Å². The first-order valence-electron chi connectivity index (χ1n) is 6.76. The Morgan fingerprint density at radius 3 is 2.78 bits per heavy atom. The van der Waals surface area contributed by atoms with Gasteiger partial charge in [0, 0.05) is 25.8 Å². The Morgan fingerprint density at radius 1 is 1.44 bits per heavy atom. The maximum atomic E-state index is 4.60. The number of nitrogens with zero attached hydrogens (tertiary/aromatic N) is 3. The Labute approximate surface area is 117 Å². The number of rotatable bonds is 6. The molecule has 100 valence electrons. The van der Waals surface area contributed by atoms with Crippen LogP contribution in [0.25, 0.3) is 0 Å². The predicted molar refractivity (Wildman–Crippen MR) is 79.1 cm³/mol. The van der Waals surface area contributed by atoms with Crippen LogP contribution in [0.4, 0.5) is 11.8 Å². The van der Waals surface area contributed by atoms with E-state index in [1.54, 1.807) is 0 Å². The smallest absolute Gasteiger partial charge is 0.224 e. The highest BCUT2D eigenvalue weighted by Gasteiger charge is 2.22. The van der Waals surface area contributed by atoms with Crippen molar-refractivity contribution in [1.82, 2.24) is 9.97 Å². The third-order valence-electron chi connectivity index (χ3n) is 3.45. The van der Waals surface area contributed by atoms with Crippen LogP contribution in [0, 0.1) is 5.92 Å². The lowest BCUT2D eigenvalue weighted by atomic mass is 9.85. The van der Waals surface area contributed by atoms with Gasteiger partial charge in [-0.15, -0.1) is 0 Å². The van der Waals surface area contributed by atoms with Gasteiger partial charge in [-0.05, 0) is 48.5 Å². The summed E-state index contributed by atoms with van der Waals surface area (Å²) >= 11 is 3.56. The molecule has 1 aliphatic carbocycles. The van der Waals surface area contributed by atoms with E-state index in [0.717, 1.165) is 35.8 Å². The van der Waals surface area contributed by atoms with Crippen molar-refractivity contribution in [3.63, 3.8) is 0 Å². The van der Waals surface area contributed by atoms with Gasteiger partial charge < -0.3 is 10.2 Å². The van der Waals surface area contributed by atoms with Crippen molar-refractivity contribution in [2.75, 3.05) is 29.9 Å². The van der Waals surface area contributed by atoms with Crippen LogP contribution in [0.2, 0.25) is 0 Å². The van der Waals surface area contributed by atoms with Crippen LogP contribution in [0.3, 0.4) is 0 Å². The van der Waals surface area contributed by atoms with Crippen LogP contribution < -0.4 is 10.2 Å². The molecule has 0 bridgehead atoms. The van der Waals surface area contributed by atoms with Gasteiger partial charge in [0.15, 0.2) is 0 Å². The summed E-state index contributed by atoms with van der Waals surface area (Å²) in [5, 5.41) is 3.17. The zero-order valence-corrected chi connectivity index (χ0v) is 12.7. The highest BCUT2D eigenvalue weighted by molar-refractivity contribution is 9.10. The predicted octanol–water partition coefficient (Wildman–Crippen LogP) is 3.30. The average molecular weight is 313 g/mol. The van der Waals surface area contributed by atoms with Gasteiger partial charge >= 0.3 is 0 Å². The fourth-order valence-corrected chi connectivity index (χ4v) is 2.62. The van der Waals surface area contributed by atoms with Crippen molar-refractivity contribution in [2.24, 2.45) is 5.92 Å². The van der Waals surface area contributed by atoms with Crippen LogP contribution in [-0.4, -0.2) is 29.6 Å². The second-order valence-electron chi connectivity index (χ2n) is 4.73. The topological polar surface area (TPSA) is 41.1 Å². The highest BCUT2D eigenvalue weighted by Crippen LogP contribution is 2.31. The normalized spacial score (nSPS) is 15.3. The third-order valence-corrected chi connectivity index (χ3v) is 4.00. The Balaban J connectivity index is 2.13. The Bertz CT molecular complexity index is 393. The second-order valence-corrected chi connectivity index (χ2v) is 5.59. The molecule has 0 atom stereocenters. The van der Waals surface area contributed by atoms with Gasteiger partial charge in [0.1, 0.15) is 5.82 Å². The van der Waals surface area contributed by atoms with Crippen molar-refractivity contribution in [3.05, 3.63) is 10.7 Å². The number of hydrogen-bond acceptors (Lipinski definition) is 4. The number of hydrogen-bond donors (Lipinski definition) is 1. The first-order chi connectivity index (χ1) is 8.74. The second kappa shape index (κ2) is 6.36. The van der Waals surface area contributed by atoms with Crippen molar-refractivity contribution < 1.29 is 0 Å². The minimum Gasteiger partial charge on any atom is -0.356 e. The van der Waals surface area contributed by atoms with Gasteiger partial charge in [0.2, 0.25) is 5.95 Å². The zero-order valence-electron chi connectivity index (χ0n) is 11.1. The minimum absolute atomic E-state index is 0.711. The van der Waals surface area contributed by atoms with Crippen molar-refractivity contribution in [1.29, 1.82) is 0 Å². The summed E-state index contributed by atoms with van der Waals surface area (Å²) in [7, 11) is 0. The number of anilines is 2. The lowest BCUT2D eigenvalue weighted by Gasteiger charge is -2.32. The van der Waals surface area contributed by atoms with Crippen LogP contribution in [0.5, 0.6) is 0 Å². The molecule has 0 saturated heterocycles. The summed E-state index contributed by atoms with van der Waals surface area (Å²) in [5.41, 5.74) is 0. The highest BCUT2D eigenvalue weighted by atomic mass is 79.9. The van der Waals surface area contributed by atoms with E-state index in [4.69, 9.17) is 0 Å². The standard InChI is InChI=1S/C13H21BrN4/c1-3-15-13-16-8-11(14)12(17-13)18(4-2)9-10-6-5-7-10/h8,10H,3-7,9H2,1-2H3,(H,15,16,17). The molecule has 5 heteroatoms. The van der Waals surface area contributed by atoms with E-state index in [1.165, 1.54) is 19.3 Å². The van der Waals surface area contributed by atoms with Gasteiger partial charge in [-0.2, -0.15) is 4.98 Å². The fraction of sp³-hybridized carbons (Fsp3) is 0.692. The lowest BCUT2D eigenvalue weighted by molar-refractivity contribution is 0.318. The molecule has 0 amide bonds. The Kier molecular flexibility index (Phi) is 4.80. The Morgan fingerprint density at radius 2 is 2.22 bits per heavy atom. The molecule has 1 aliphatic rings. The minimum atomic E-state index is 0.711. The molecule has 0 aliphatic heterocycles. The molecular weight excluding hydrogens is 292 g/mol. The van der Waals surface area contributed by atoms with E-state index < -0.39 is 0 Å². The summed E-state index contributed by atoms with van der Waals surface area (Å²) in [5.74, 6) is 2.56. The number of nitrogens with one attached hydrogen (secondary N) is 1. The van der Waals surface area contributed by atoms with Crippen LogP contribution in [-0.2, 0) is 0 Å². The molecule has 1 aromatic heterocycles. The molecule has 1 fully saturated rings. The largest absolute Gasteiger partial charge is 0.356 e. The molecular formula is C13H21BrN4. The maximum Gasteiger partial charge on any atom is 0.224 e. The molecule has 1 saturated carbocycles. The van der Waals surface area contributed by atoms with Gasteiger partial charge in [-0.25, -0.2) is 4.98 Å². The van der Waals surface area contributed by atoms with Crippen molar-refractivity contribution in [2.45, 2.75) is 33.1 Å². The molecule has 0 spiro atoms. The molecule has 1 heterocycles. The van der Waals surface area contributed by atoms with Gasteiger partial charge in [-0.1, -0.05) is 6.42 Å². The van der Waals surface area contributed by atoms with Crippen molar-refractivity contribution >= 4 is 27.7 Å². The van der Waals surface area contributed by atoms with E-state index in [2.05, 4.69) is 50.0 Å². The molecule has 1 aromatic rings. The first-order valence-corrected chi connectivity index (χ1v) is 7.55. The van der Waals surface area contributed by atoms with Gasteiger partial charge in [-0.3, -0.25) is 0 Å². The molecule has 2 rings (SSSR count). The molecule has 4 nitrogen and oxygen atoms in total. The van der Waals surface area contributed by atoms with Crippen LogP contribution in [0.15, 0.2) is 10.7 Å². The average Bonchev–Trinajstić information content (AvgIpc) is 2.32. The van der Waals surface area contributed by atoms with E-state index in [9.17, 15) is 0 Å². The maximum absolute atomic E-state index is 4.60. The molecule has 1 N–H and O–H groups in total. The summed E-state index contributed by atoms with van der Waals surface area (Å²) in [6.45, 7) is 7.17. The summed E-state index contributed by atoms with van der Waals surface area (Å²) < 4.78 is 0.977.